The fourth-order valence-corrected chi connectivity index (χ4v) is 3.36. The first-order valence-electron chi connectivity index (χ1n) is 7.98. The Balaban J connectivity index is 1.36. The van der Waals surface area contributed by atoms with Crippen molar-refractivity contribution in [2.45, 2.75) is 31.2 Å². The Bertz CT molecular complexity index is 401. The maximum absolute atomic E-state index is 8.95. The fraction of sp³-hybridized carbons (Fsp3) is 0.647. The van der Waals surface area contributed by atoms with Crippen molar-refractivity contribution in [3.8, 4) is 0 Å². The quantitative estimate of drug-likeness (QED) is 0.831. The van der Waals surface area contributed by atoms with Crippen LogP contribution in [0.1, 0.15) is 30.7 Å². The van der Waals surface area contributed by atoms with E-state index in [9.17, 15) is 0 Å². The summed E-state index contributed by atoms with van der Waals surface area (Å²) < 4.78 is 0. The molecule has 1 heterocycles. The first-order chi connectivity index (χ1) is 9.86. The van der Waals surface area contributed by atoms with Crippen LogP contribution in [0.15, 0.2) is 30.3 Å². The lowest BCUT2D eigenvalue weighted by Crippen LogP contribution is -2.39. The second kappa shape index (κ2) is 6.70. The Hall–Kier alpha value is -0.900. The molecule has 0 spiro atoms. The van der Waals surface area contributed by atoms with Crippen molar-refractivity contribution >= 4 is 0 Å². The highest BCUT2D eigenvalue weighted by atomic mass is 16.3. The zero-order valence-electron chi connectivity index (χ0n) is 12.2. The largest absolute Gasteiger partial charge is 0.395 e. The summed E-state index contributed by atoms with van der Waals surface area (Å²) in [7, 11) is 0. The third-order valence-electron chi connectivity index (χ3n) is 4.81. The standard InChI is InChI=1S/C17H26N2O/c20-11-10-19-8-6-14(7-9-19)13-18-17-12-16(17)15-4-2-1-3-5-15/h1-5,14,16-18,20H,6-13H2. The second-order valence-corrected chi connectivity index (χ2v) is 6.28. The Kier molecular flexibility index (Phi) is 4.71. The van der Waals surface area contributed by atoms with E-state index in [4.69, 9.17) is 5.11 Å². The summed E-state index contributed by atoms with van der Waals surface area (Å²) in [5.74, 6) is 1.56. The third-order valence-corrected chi connectivity index (χ3v) is 4.81. The van der Waals surface area contributed by atoms with Crippen molar-refractivity contribution in [3.05, 3.63) is 35.9 Å². The average Bonchev–Trinajstić information content (AvgIpc) is 3.27. The molecule has 1 aliphatic carbocycles. The van der Waals surface area contributed by atoms with E-state index in [1.165, 1.54) is 31.4 Å². The Morgan fingerprint density at radius 3 is 2.60 bits per heavy atom. The van der Waals surface area contributed by atoms with Crippen LogP contribution in [0.5, 0.6) is 0 Å². The molecule has 110 valence electrons. The highest BCUT2D eigenvalue weighted by molar-refractivity contribution is 5.27. The van der Waals surface area contributed by atoms with Gasteiger partial charge < -0.3 is 15.3 Å². The number of hydrogen-bond donors (Lipinski definition) is 2. The topological polar surface area (TPSA) is 35.5 Å². The van der Waals surface area contributed by atoms with Crippen LogP contribution in [0.25, 0.3) is 0 Å². The van der Waals surface area contributed by atoms with Crippen LogP contribution < -0.4 is 5.32 Å². The van der Waals surface area contributed by atoms with Crippen LogP contribution in [0.2, 0.25) is 0 Å². The molecule has 1 saturated heterocycles. The van der Waals surface area contributed by atoms with Crippen molar-refractivity contribution in [1.82, 2.24) is 10.2 Å². The van der Waals surface area contributed by atoms with Crippen LogP contribution in [0.4, 0.5) is 0 Å². The van der Waals surface area contributed by atoms with Gasteiger partial charge in [-0.25, -0.2) is 0 Å². The van der Waals surface area contributed by atoms with Gasteiger partial charge in [0.1, 0.15) is 0 Å². The van der Waals surface area contributed by atoms with Gasteiger partial charge in [-0.3, -0.25) is 0 Å². The van der Waals surface area contributed by atoms with Gasteiger partial charge in [-0.15, -0.1) is 0 Å². The molecule has 2 unspecified atom stereocenters. The first-order valence-corrected chi connectivity index (χ1v) is 7.98. The van der Waals surface area contributed by atoms with E-state index < -0.39 is 0 Å². The van der Waals surface area contributed by atoms with Gasteiger partial charge in [-0.05, 0) is 50.4 Å². The maximum atomic E-state index is 8.95. The zero-order valence-corrected chi connectivity index (χ0v) is 12.2. The number of nitrogens with zero attached hydrogens (tertiary/aromatic N) is 1. The molecule has 3 nitrogen and oxygen atoms in total. The Morgan fingerprint density at radius 1 is 1.15 bits per heavy atom. The molecule has 20 heavy (non-hydrogen) atoms. The molecular formula is C17H26N2O. The average molecular weight is 274 g/mol. The van der Waals surface area contributed by atoms with Gasteiger partial charge in [0.25, 0.3) is 0 Å². The molecule has 0 amide bonds. The van der Waals surface area contributed by atoms with E-state index in [0.29, 0.717) is 12.6 Å². The minimum atomic E-state index is 0.295. The molecule has 1 aliphatic heterocycles. The fourth-order valence-electron chi connectivity index (χ4n) is 3.36. The second-order valence-electron chi connectivity index (χ2n) is 6.28. The number of β-amino-alcohol motifs (C(OH)–C–C–N with tert-alkyl or cyclic N) is 1. The van der Waals surface area contributed by atoms with Gasteiger partial charge >= 0.3 is 0 Å². The normalized spacial score (nSPS) is 27.6. The lowest BCUT2D eigenvalue weighted by Gasteiger charge is -2.31. The smallest absolute Gasteiger partial charge is 0.0558 e. The molecule has 1 saturated carbocycles. The number of benzene rings is 1. The lowest BCUT2D eigenvalue weighted by molar-refractivity contribution is 0.146. The number of piperidine rings is 1. The highest BCUT2D eigenvalue weighted by Gasteiger charge is 2.38. The summed E-state index contributed by atoms with van der Waals surface area (Å²) >= 11 is 0. The van der Waals surface area contributed by atoms with E-state index in [-0.39, 0.29) is 0 Å². The molecule has 1 aromatic rings. The van der Waals surface area contributed by atoms with Gasteiger partial charge in [-0.1, -0.05) is 30.3 Å². The number of likely N-dealkylation sites (tertiary alicyclic amines) is 1. The van der Waals surface area contributed by atoms with Crippen LogP contribution in [0.3, 0.4) is 0 Å². The number of nitrogens with one attached hydrogen (secondary N) is 1. The summed E-state index contributed by atoms with van der Waals surface area (Å²) in [5, 5.41) is 12.7. The number of aliphatic hydroxyl groups is 1. The summed E-state index contributed by atoms with van der Waals surface area (Å²) in [5.41, 5.74) is 1.49. The van der Waals surface area contributed by atoms with Crippen LogP contribution in [-0.2, 0) is 0 Å². The molecule has 3 heteroatoms. The molecule has 2 N–H and O–H groups in total. The predicted octanol–water partition coefficient (Wildman–Crippen LogP) is 1.84. The summed E-state index contributed by atoms with van der Waals surface area (Å²) in [6, 6.07) is 11.6. The first kappa shape index (κ1) is 14.1. The molecule has 3 rings (SSSR count). The monoisotopic (exact) mass is 274 g/mol. The van der Waals surface area contributed by atoms with Gasteiger partial charge in [0.05, 0.1) is 6.61 Å². The van der Waals surface area contributed by atoms with E-state index in [1.807, 2.05) is 0 Å². The molecule has 2 atom stereocenters. The highest BCUT2D eigenvalue weighted by Crippen LogP contribution is 2.40. The third kappa shape index (κ3) is 3.60. The molecule has 0 aromatic heterocycles. The minimum absolute atomic E-state index is 0.295. The lowest BCUT2D eigenvalue weighted by atomic mass is 9.97. The minimum Gasteiger partial charge on any atom is -0.395 e. The maximum Gasteiger partial charge on any atom is 0.0558 e. The van der Waals surface area contributed by atoms with Crippen molar-refractivity contribution in [1.29, 1.82) is 0 Å². The molecule has 0 radical (unpaired) electrons. The van der Waals surface area contributed by atoms with Crippen LogP contribution in [-0.4, -0.2) is 48.8 Å². The van der Waals surface area contributed by atoms with E-state index >= 15 is 0 Å². The van der Waals surface area contributed by atoms with E-state index in [0.717, 1.165) is 31.5 Å². The van der Waals surface area contributed by atoms with Crippen molar-refractivity contribution in [2.24, 2.45) is 5.92 Å². The molecule has 2 fully saturated rings. The Morgan fingerprint density at radius 2 is 1.90 bits per heavy atom. The van der Waals surface area contributed by atoms with E-state index in [2.05, 4.69) is 40.5 Å². The number of rotatable bonds is 6. The van der Waals surface area contributed by atoms with E-state index in [1.54, 1.807) is 0 Å². The molecule has 2 aliphatic rings. The van der Waals surface area contributed by atoms with Crippen LogP contribution >= 0.6 is 0 Å². The SMILES string of the molecule is OCCN1CCC(CNC2CC2c2ccccc2)CC1. The predicted molar refractivity (Wildman–Crippen MR) is 81.8 cm³/mol. The van der Waals surface area contributed by atoms with Gasteiger partial charge in [0, 0.05) is 18.5 Å². The molecule has 1 aromatic carbocycles. The molecular weight excluding hydrogens is 248 g/mol. The molecule has 0 bridgehead atoms. The van der Waals surface area contributed by atoms with Gasteiger partial charge in [0.15, 0.2) is 0 Å². The summed E-state index contributed by atoms with van der Waals surface area (Å²) in [6.45, 7) is 4.61. The van der Waals surface area contributed by atoms with Crippen molar-refractivity contribution in [2.75, 3.05) is 32.8 Å². The Labute approximate surface area is 122 Å². The number of hydrogen-bond acceptors (Lipinski definition) is 3. The zero-order chi connectivity index (χ0) is 13.8. The summed E-state index contributed by atoms with van der Waals surface area (Å²) in [4.78, 5) is 2.38. The summed E-state index contributed by atoms with van der Waals surface area (Å²) in [6.07, 6.45) is 3.85. The van der Waals surface area contributed by atoms with Crippen molar-refractivity contribution < 1.29 is 5.11 Å². The van der Waals surface area contributed by atoms with Gasteiger partial charge in [0.2, 0.25) is 0 Å². The van der Waals surface area contributed by atoms with Crippen molar-refractivity contribution in [3.63, 3.8) is 0 Å². The van der Waals surface area contributed by atoms with Gasteiger partial charge in [-0.2, -0.15) is 0 Å². The van der Waals surface area contributed by atoms with Crippen LogP contribution in [0, 0.1) is 5.92 Å². The number of aliphatic hydroxyl groups excluding tert-OH is 1.